The smallest absolute Gasteiger partial charge is 0.270 e. The highest BCUT2D eigenvalue weighted by molar-refractivity contribution is 5.92. The summed E-state index contributed by atoms with van der Waals surface area (Å²) in [6.07, 6.45) is 4.83. The second-order valence-electron chi connectivity index (χ2n) is 5.22. The van der Waals surface area contributed by atoms with Gasteiger partial charge in [0.05, 0.1) is 0 Å². The van der Waals surface area contributed by atoms with Crippen LogP contribution in [0, 0.1) is 6.92 Å². The van der Waals surface area contributed by atoms with Crippen LogP contribution in [0.4, 0.5) is 11.6 Å². The molecule has 2 rings (SSSR count). The summed E-state index contributed by atoms with van der Waals surface area (Å²) in [5.74, 6) is 0.262. The van der Waals surface area contributed by atoms with Crippen molar-refractivity contribution in [3.63, 3.8) is 0 Å². The van der Waals surface area contributed by atoms with E-state index in [1.54, 1.807) is 12.3 Å². The van der Waals surface area contributed by atoms with Crippen molar-refractivity contribution in [2.75, 3.05) is 11.9 Å². The van der Waals surface area contributed by atoms with Crippen LogP contribution in [0.3, 0.4) is 0 Å². The molecule has 1 aromatic heterocycles. The summed E-state index contributed by atoms with van der Waals surface area (Å²) >= 11 is 0. The van der Waals surface area contributed by atoms with Crippen LogP contribution in [-0.2, 0) is 0 Å². The molecule has 1 heterocycles. The normalized spacial score (nSPS) is 10.3. The van der Waals surface area contributed by atoms with E-state index in [9.17, 15) is 4.79 Å². The van der Waals surface area contributed by atoms with Gasteiger partial charge in [0.15, 0.2) is 0 Å². The first-order valence-electron chi connectivity index (χ1n) is 7.64. The minimum Gasteiger partial charge on any atom is -0.351 e. The number of aryl methyl sites for hydroxylation is 1. The number of nitrogens with zero attached hydrogens (tertiary/aromatic N) is 2. The lowest BCUT2D eigenvalue weighted by molar-refractivity contribution is 0.0948. The summed E-state index contributed by atoms with van der Waals surface area (Å²) in [5.41, 5.74) is 2.43. The molecule has 5 heteroatoms. The zero-order valence-corrected chi connectivity index (χ0v) is 13.1. The topological polar surface area (TPSA) is 66.9 Å². The number of anilines is 2. The molecule has 0 radical (unpaired) electrons. The molecule has 22 heavy (non-hydrogen) atoms. The van der Waals surface area contributed by atoms with Gasteiger partial charge in [-0.15, -0.1) is 0 Å². The van der Waals surface area contributed by atoms with Crippen LogP contribution in [0.15, 0.2) is 36.5 Å². The Morgan fingerprint density at radius 1 is 1.23 bits per heavy atom. The van der Waals surface area contributed by atoms with Gasteiger partial charge in [-0.2, -0.15) is 0 Å². The number of rotatable bonds is 7. The molecule has 0 saturated carbocycles. The van der Waals surface area contributed by atoms with E-state index in [2.05, 4.69) is 27.5 Å². The van der Waals surface area contributed by atoms with Gasteiger partial charge < -0.3 is 10.6 Å². The van der Waals surface area contributed by atoms with Crippen LogP contribution >= 0.6 is 0 Å². The predicted octanol–water partition coefficient (Wildman–Crippen LogP) is 3.45. The Bertz CT molecular complexity index is 628. The molecule has 5 nitrogen and oxygen atoms in total. The first-order valence-corrected chi connectivity index (χ1v) is 7.64. The number of hydrogen-bond acceptors (Lipinski definition) is 4. The summed E-state index contributed by atoms with van der Waals surface area (Å²) in [5, 5.41) is 5.99. The highest BCUT2D eigenvalue weighted by Crippen LogP contribution is 2.14. The molecule has 0 fully saturated rings. The van der Waals surface area contributed by atoms with Crippen molar-refractivity contribution < 1.29 is 4.79 Å². The van der Waals surface area contributed by atoms with Crippen molar-refractivity contribution >= 4 is 17.5 Å². The zero-order valence-electron chi connectivity index (χ0n) is 13.1. The number of carbonyl (C=O) groups excluding carboxylic acids is 1. The highest BCUT2D eigenvalue weighted by atomic mass is 16.1. The Labute approximate surface area is 131 Å². The van der Waals surface area contributed by atoms with E-state index < -0.39 is 0 Å². The van der Waals surface area contributed by atoms with E-state index in [1.807, 2.05) is 31.2 Å². The lowest BCUT2D eigenvalue weighted by atomic mass is 10.2. The SMILES string of the molecule is CCCCCNC(=O)c1ccnc(Nc2cccc(C)c2)n1. The van der Waals surface area contributed by atoms with Gasteiger partial charge in [-0.05, 0) is 37.1 Å². The molecule has 0 aliphatic rings. The Kier molecular flexibility index (Phi) is 5.89. The predicted molar refractivity (Wildman–Crippen MR) is 88.4 cm³/mol. The number of amides is 1. The molecule has 0 bridgehead atoms. The van der Waals surface area contributed by atoms with Gasteiger partial charge in [0, 0.05) is 18.4 Å². The Balaban J connectivity index is 1.98. The third-order valence-corrected chi connectivity index (χ3v) is 3.23. The standard InChI is InChI=1S/C17H22N4O/c1-3-4-5-10-18-16(22)15-9-11-19-17(21-15)20-14-8-6-7-13(2)12-14/h6-9,11-12H,3-5,10H2,1-2H3,(H,18,22)(H,19,20,21). The van der Waals surface area contributed by atoms with Crippen molar-refractivity contribution in [2.45, 2.75) is 33.1 Å². The second-order valence-corrected chi connectivity index (χ2v) is 5.22. The fraction of sp³-hybridized carbons (Fsp3) is 0.353. The van der Waals surface area contributed by atoms with Gasteiger partial charge in [0.2, 0.25) is 5.95 Å². The first-order chi connectivity index (χ1) is 10.7. The number of benzene rings is 1. The Morgan fingerprint density at radius 3 is 2.86 bits per heavy atom. The van der Waals surface area contributed by atoms with E-state index in [0.717, 1.165) is 30.5 Å². The molecule has 0 aliphatic heterocycles. The molecule has 116 valence electrons. The molecule has 0 atom stereocenters. The first kappa shape index (κ1) is 15.9. The van der Waals surface area contributed by atoms with Gasteiger partial charge in [-0.3, -0.25) is 4.79 Å². The summed E-state index contributed by atoms with van der Waals surface area (Å²) in [6, 6.07) is 9.54. The Morgan fingerprint density at radius 2 is 2.09 bits per heavy atom. The number of carbonyl (C=O) groups is 1. The maximum Gasteiger partial charge on any atom is 0.270 e. The number of hydrogen-bond donors (Lipinski definition) is 2. The van der Waals surface area contributed by atoms with Crippen molar-refractivity contribution in [3.8, 4) is 0 Å². The molecule has 0 spiro atoms. The van der Waals surface area contributed by atoms with Crippen LogP contribution in [0.1, 0.15) is 42.2 Å². The van der Waals surface area contributed by atoms with E-state index in [1.165, 1.54) is 0 Å². The fourth-order valence-electron chi connectivity index (χ4n) is 2.06. The van der Waals surface area contributed by atoms with E-state index >= 15 is 0 Å². The molecular formula is C17H22N4O. The van der Waals surface area contributed by atoms with Crippen LogP contribution in [0.25, 0.3) is 0 Å². The molecule has 2 aromatic rings. The van der Waals surface area contributed by atoms with Gasteiger partial charge >= 0.3 is 0 Å². The number of nitrogens with one attached hydrogen (secondary N) is 2. The van der Waals surface area contributed by atoms with Crippen molar-refractivity contribution in [3.05, 3.63) is 47.8 Å². The lowest BCUT2D eigenvalue weighted by Gasteiger charge is -2.07. The quantitative estimate of drug-likeness (QED) is 0.768. The minimum atomic E-state index is -0.161. The largest absolute Gasteiger partial charge is 0.351 e. The lowest BCUT2D eigenvalue weighted by Crippen LogP contribution is -2.25. The van der Waals surface area contributed by atoms with Crippen molar-refractivity contribution in [2.24, 2.45) is 0 Å². The minimum absolute atomic E-state index is 0.161. The van der Waals surface area contributed by atoms with Gasteiger partial charge in [0.25, 0.3) is 5.91 Å². The van der Waals surface area contributed by atoms with Gasteiger partial charge in [-0.1, -0.05) is 31.9 Å². The molecule has 0 aliphatic carbocycles. The fourth-order valence-corrected chi connectivity index (χ4v) is 2.06. The molecule has 1 amide bonds. The van der Waals surface area contributed by atoms with Crippen molar-refractivity contribution in [1.29, 1.82) is 0 Å². The molecule has 0 saturated heterocycles. The monoisotopic (exact) mass is 298 g/mol. The Hall–Kier alpha value is -2.43. The van der Waals surface area contributed by atoms with Crippen LogP contribution in [0.2, 0.25) is 0 Å². The van der Waals surface area contributed by atoms with E-state index in [0.29, 0.717) is 18.2 Å². The molecular weight excluding hydrogens is 276 g/mol. The summed E-state index contributed by atoms with van der Waals surface area (Å²) in [6.45, 7) is 4.83. The van der Waals surface area contributed by atoms with E-state index in [4.69, 9.17) is 0 Å². The maximum atomic E-state index is 12.0. The average Bonchev–Trinajstić information content (AvgIpc) is 2.52. The van der Waals surface area contributed by atoms with Crippen LogP contribution in [-0.4, -0.2) is 22.4 Å². The molecule has 1 aromatic carbocycles. The van der Waals surface area contributed by atoms with E-state index in [-0.39, 0.29) is 5.91 Å². The summed E-state index contributed by atoms with van der Waals surface area (Å²) < 4.78 is 0. The summed E-state index contributed by atoms with van der Waals surface area (Å²) in [7, 11) is 0. The number of unbranched alkanes of at least 4 members (excludes halogenated alkanes) is 2. The third-order valence-electron chi connectivity index (χ3n) is 3.23. The number of aromatic nitrogens is 2. The molecule has 0 unspecified atom stereocenters. The maximum absolute atomic E-state index is 12.0. The average molecular weight is 298 g/mol. The second kappa shape index (κ2) is 8.12. The van der Waals surface area contributed by atoms with Crippen LogP contribution in [0.5, 0.6) is 0 Å². The highest BCUT2D eigenvalue weighted by Gasteiger charge is 2.08. The molecule has 2 N–H and O–H groups in total. The van der Waals surface area contributed by atoms with Crippen LogP contribution < -0.4 is 10.6 Å². The van der Waals surface area contributed by atoms with Gasteiger partial charge in [-0.25, -0.2) is 9.97 Å². The van der Waals surface area contributed by atoms with Gasteiger partial charge in [0.1, 0.15) is 5.69 Å². The third kappa shape index (κ3) is 4.84. The summed E-state index contributed by atoms with van der Waals surface area (Å²) in [4.78, 5) is 20.5. The van der Waals surface area contributed by atoms with Crippen molar-refractivity contribution in [1.82, 2.24) is 15.3 Å². The zero-order chi connectivity index (χ0) is 15.8.